The van der Waals surface area contributed by atoms with E-state index in [0.717, 1.165) is 19.3 Å². The first-order valence-corrected chi connectivity index (χ1v) is 16.2. The molecule has 4 amide bonds. The summed E-state index contributed by atoms with van der Waals surface area (Å²) in [4.78, 5) is 57.1. The quantitative estimate of drug-likeness (QED) is 0.259. The van der Waals surface area contributed by atoms with Crippen molar-refractivity contribution < 1.29 is 28.7 Å². The van der Waals surface area contributed by atoms with Crippen molar-refractivity contribution in [1.29, 1.82) is 0 Å². The van der Waals surface area contributed by atoms with E-state index < -0.39 is 24.2 Å². The van der Waals surface area contributed by atoms with Crippen molar-refractivity contribution in [2.75, 3.05) is 34.9 Å². The third-order valence-electron chi connectivity index (χ3n) is 9.47. The number of hydrogen-bond acceptors (Lipinski definition) is 6. The molecule has 10 heteroatoms. The number of carbonyl (C=O) groups is 4. The Bertz CT molecular complexity index is 902. The van der Waals surface area contributed by atoms with Crippen LogP contribution in [0.5, 0.6) is 0 Å². The summed E-state index contributed by atoms with van der Waals surface area (Å²) in [5.41, 5.74) is 0. The Kier molecular flexibility index (Phi) is 16.2. The van der Waals surface area contributed by atoms with Gasteiger partial charge in [0.15, 0.2) is 0 Å². The standard InChI is InChI=1S/C33H62N4O6/c1-14-22(8)29(36(11)33(41)28(21(6)7)35-32(40)27(19(2)3)20(4)5)25(42-12)18-26(38)37-17-15-16-24(37)30(43-13)23(9)31(39)34-10/h19-25,27-30H,14-18H2,1-13H3,(H,34,39)(H,35,40)/t22-,23+,24-,25+,28-,29-,30+/m0/s1. The van der Waals surface area contributed by atoms with E-state index in [1.54, 1.807) is 33.2 Å². The van der Waals surface area contributed by atoms with Crippen molar-refractivity contribution in [3.05, 3.63) is 0 Å². The van der Waals surface area contributed by atoms with Crippen LogP contribution in [-0.2, 0) is 28.7 Å². The van der Waals surface area contributed by atoms with Crippen molar-refractivity contribution in [2.24, 2.45) is 35.5 Å². The van der Waals surface area contributed by atoms with Gasteiger partial charge in [-0.05, 0) is 36.5 Å². The van der Waals surface area contributed by atoms with Gasteiger partial charge in [-0.2, -0.15) is 0 Å². The Hall–Kier alpha value is -2.20. The van der Waals surface area contributed by atoms with Crippen LogP contribution in [0.15, 0.2) is 0 Å². The Labute approximate surface area is 261 Å². The molecule has 0 unspecified atom stereocenters. The number of amides is 4. The number of ether oxygens (including phenoxy) is 2. The van der Waals surface area contributed by atoms with Crippen LogP contribution in [0.4, 0.5) is 0 Å². The first-order chi connectivity index (χ1) is 20.1. The number of carbonyl (C=O) groups excluding carboxylic acids is 4. The van der Waals surface area contributed by atoms with Gasteiger partial charge in [-0.1, -0.05) is 68.7 Å². The van der Waals surface area contributed by atoms with Gasteiger partial charge in [0, 0.05) is 40.8 Å². The topological polar surface area (TPSA) is 117 Å². The minimum Gasteiger partial charge on any atom is -0.379 e. The first-order valence-electron chi connectivity index (χ1n) is 16.2. The SMILES string of the molecule is CC[C@H](C)[C@@H]([C@@H](CC(=O)N1CCC[C@H]1[C@H](OC)[C@@H](C)C(=O)NC)OC)N(C)C(=O)[C@@H](NC(=O)C(C(C)C)C(C)C)C(C)C. The molecule has 10 nitrogen and oxygen atoms in total. The molecule has 1 fully saturated rings. The highest BCUT2D eigenvalue weighted by Gasteiger charge is 2.43. The van der Waals surface area contributed by atoms with E-state index in [2.05, 4.69) is 24.5 Å². The summed E-state index contributed by atoms with van der Waals surface area (Å²) in [6.07, 6.45) is 1.45. The summed E-state index contributed by atoms with van der Waals surface area (Å²) in [6.45, 7) is 18.5. The normalized spacial score (nSPS) is 19.7. The minimum atomic E-state index is -0.700. The second-order valence-electron chi connectivity index (χ2n) is 13.4. The van der Waals surface area contributed by atoms with Crippen LogP contribution < -0.4 is 10.6 Å². The average molecular weight is 611 g/mol. The van der Waals surface area contributed by atoms with Crippen molar-refractivity contribution in [3.63, 3.8) is 0 Å². The predicted octanol–water partition coefficient (Wildman–Crippen LogP) is 3.72. The maximum atomic E-state index is 14.1. The van der Waals surface area contributed by atoms with E-state index in [-0.39, 0.29) is 71.7 Å². The molecule has 7 atom stereocenters. The zero-order chi connectivity index (χ0) is 33.2. The van der Waals surface area contributed by atoms with Crippen molar-refractivity contribution in [3.8, 4) is 0 Å². The van der Waals surface area contributed by atoms with Gasteiger partial charge in [0.25, 0.3) is 0 Å². The number of nitrogens with one attached hydrogen (secondary N) is 2. The van der Waals surface area contributed by atoms with Gasteiger partial charge >= 0.3 is 0 Å². The first kappa shape index (κ1) is 38.8. The summed E-state index contributed by atoms with van der Waals surface area (Å²) in [7, 11) is 6.51. The number of methoxy groups -OCH3 is 2. The highest BCUT2D eigenvalue weighted by Crippen LogP contribution is 2.30. The molecule has 0 radical (unpaired) electrons. The van der Waals surface area contributed by atoms with Gasteiger partial charge in [0.2, 0.25) is 23.6 Å². The Morgan fingerprint density at radius 3 is 1.93 bits per heavy atom. The van der Waals surface area contributed by atoms with Crippen LogP contribution in [0.1, 0.15) is 88.0 Å². The Morgan fingerprint density at radius 2 is 1.49 bits per heavy atom. The maximum Gasteiger partial charge on any atom is 0.245 e. The number of nitrogens with zero attached hydrogens (tertiary/aromatic N) is 2. The smallest absolute Gasteiger partial charge is 0.245 e. The molecular formula is C33H62N4O6. The second kappa shape index (κ2) is 17.9. The molecule has 0 aromatic heterocycles. The molecule has 1 heterocycles. The summed E-state index contributed by atoms with van der Waals surface area (Å²) >= 11 is 0. The van der Waals surface area contributed by atoms with Crippen LogP contribution in [0.3, 0.4) is 0 Å². The molecule has 43 heavy (non-hydrogen) atoms. The number of hydrogen-bond donors (Lipinski definition) is 2. The molecule has 0 aromatic rings. The van der Waals surface area contributed by atoms with E-state index >= 15 is 0 Å². The zero-order valence-electron chi connectivity index (χ0n) is 29.2. The molecule has 1 aliphatic rings. The van der Waals surface area contributed by atoms with Crippen molar-refractivity contribution in [1.82, 2.24) is 20.4 Å². The number of rotatable bonds is 17. The molecule has 1 aliphatic heterocycles. The lowest BCUT2D eigenvalue weighted by atomic mass is 9.84. The van der Waals surface area contributed by atoms with E-state index in [1.807, 2.05) is 53.4 Å². The van der Waals surface area contributed by atoms with Crippen LogP contribution in [0.25, 0.3) is 0 Å². The zero-order valence-corrected chi connectivity index (χ0v) is 29.2. The fourth-order valence-corrected chi connectivity index (χ4v) is 6.89. The molecule has 0 bridgehead atoms. The van der Waals surface area contributed by atoms with E-state index in [4.69, 9.17) is 9.47 Å². The maximum absolute atomic E-state index is 14.1. The third-order valence-corrected chi connectivity index (χ3v) is 9.47. The van der Waals surface area contributed by atoms with E-state index in [1.165, 1.54) is 0 Å². The summed E-state index contributed by atoms with van der Waals surface area (Å²) in [5.74, 6) is -0.941. The molecule has 0 aliphatic carbocycles. The Morgan fingerprint density at radius 1 is 0.907 bits per heavy atom. The van der Waals surface area contributed by atoms with Gasteiger partial charge in [0.1, 0.15) is 6.04 Å². The van der Waals surface area contributed by atoms with Gasteiger partial charge < -0.3 is 29.9 Å². The monoisotopic (exact) mass is 610 g/mol. The number of likely N-dealkylation sites (N-methyl/N-ethyl adjacent to an activating group) is 1. The van der Waals surface area contributed by atoms with Crippen LogP contribution >= 0.6 is 0 Å². The molecule has 250 valence electrons. The molecule has 2 N–H and O–H groups in total. The van der Waals surface area contributed by atoms with Crippen LogP contribution in [0, 0.1) is 35.5 Å². The van der Waals surface area contributed by atoms with Gasteiger partial charge in [0.05, 0.1) is 36.6 Å². The molecule has 0 saturated carbocycles. The van der Waals surface area contributed by atoms with E-state index in [0.29, 0.717) is 6.54 Å². The molecule has 0 spiro atoms. The largest absolute Gasteiger partial charge is 0.379 e. The lowest BCUT2D eigenvalue weighted by Gasteiger charge is -2.41. The second-order valence-corrected chi connectivity index (χ2v) is 13.4. The molecular weight excluding hydrogens is 548 g/mol. The van der Waals surface area contributed by atoms with Gasteiger partial charge in [-0.15, -0.1) is 0 Å². The van der Waals surface area contributed by atoms with E-state index in [9.17, 15) is 19.2 Å². The summed E-state index contributed by atoms with van der Waals surface area (Å²) in [6, 6.07) is -1.31. The molecule has 0 aromatic carbocycles. The number of likely N-dealkylation sites (tertiary alicyclic amines) is 1. The highest BCUT2D eigenvalue weighted by molar-refractivity contribution is 5.89. The van der Waals surface area contributed by atoms with Crippen LogP contribution in [0.2, 0.25) is 0 Å². The Balaban J connectivity index is 3.26. The lowest BCUT2D eigenvalue weighted by Crippen LogP contribution is -2.58. The lowest BCUT2D eigenvalue weighted by molar-refractivity contribution is -0.148. The summed E-state index contributed by atoms with van der Waals surface area (Å²) < 4.78 is 11.7. The fourth-order valence-electron chi connectivity index (χ4n) is 6.89. The van der Waals surface area contributed by atoms with Crippen molar-refractivity contribution in [2.45, 2.75) is 118 Å². The highest BCUT2D eigenvalue weighted by atomic mass is 16.5. The third kappa shape index (κ3) is 9.90. The van der Waals surface area contributed by atoms with Crippen molar-refractivity contribution >= 4 is 23.6 Å². The van der Waals surface area contributed by atoms with Crippen LogP contribution in [-0.4, -0.2) is 98.6 Å². The molecule has 1 saturated heterocycles. The predicted molar refractivity (Wildman–Crippen MR) is 170 cm³/mol. The fraction of sp³-hybridized carbons (Fsp3) is 0.879. The average Bonchev–Trinajstić information content (AvgIpc) is 3.43. The van der Waals surface area contributed by atoms with Gasteiger partial charge in [-0.25, -0.2) is 0 Å². The molecule has 1 rings (SSSR count). The van der Waals surface area contributed by atoms with Gasteiger partial charge in [-0.3, -0.25) is 19.2 Å². The summed E-state index contributed by atoms with van der Waals surface area (Å²) in [5, 5.41) is 5.76. The minimum absolute atomic E-state index is 0.0312.